The van der Waals surface area contributed by atoms with Gasteiger partial charge in [-0.1, -0.05) is 11.3 Å². The Labute approximate surface area is 141 Å². The van der Waals surface area contributed by atoms with Crippen molar-refractivity contribution in [2.75, 3.05) is 6.26 Å². The maximum absolute atomic E-state index is 11.6. The molecule has 0 amide bonds. The molecule has 7 nitrogen and oxygen atoms in total. The van der Waals surface area contributed by atoms with Crippen molar-refractivity contribution >= 4 is 9.84 Å². The highest BCUT2D eigenvalue weighted by Crippen LogP contribution is 2.38. The Bertz CT molecular complexity index is 829. The van der Waals surface area contributed by atoms with Gasteiger partial charge in [0.2, 0.25) is 0 Å². The summed E-state index contributed by atoms with van der Waals surface area (Å²) in [7, 11) is -3.27. The van der Waals surface area contributed by atoms with Crippen molar-refractivity contribution in [3.05, 3.63) is 36.2 Å². The van der Waals surface area contributed by atoms with E-state index < -0.39 is 15.4 Å². The lowest BCUT2D eigenvalue weighted by Gasteiger charge is -2.24. The van der Waals surface area contributed by atoms with Crippen LogP contribution in [0.5, 0.6) is 5.75 Å². The fraction of sp³-hybridized carbons (Fsp3) is 0.500. The van der Waals surface area contributed by atoms with E-state index in [1.807, 2.05) is 6.92 Å². The van der Waals surface area contributed by atoms with Crippen LogP contribution in [0, 0.1) is 0 Å². The van der Waals surface area contributed by atoms with Crippen molar-refractivity contribution in [1.82, 2.24) is 15.0 Å². The molecule has 24 heavy (non-hydrogen) atoms. The summed E-state index contributed by atoms with van der Waals surface area (Å²) >= 11 is 0. The van der Waals surface area contributed by atoms with Crippen LogP contribution in [0.15, 0.2) is 35.4 Å². The van der Waals surface area contributed by atoms with Crippen LogP contribution >= 0.6 is 0 Å². The zero-order valence-electron chi connectivity index (χ0n) is 13.7. The third kappa shape index (κ3) is 3.59. The lowest BCUT2D eigenvalue weighted by molar-refractivity contribution is 0.0215. The van der Waals surface area contributed by atoms with Crippen molar-refractivity contribution < 1.29 is 18.3 Å². The predicted molar refractivity (Wildman–Crippen MR) is 87.4 cm³/mol. The Morgan fingerprint density at radius 3 is 2.92 bits per heavy atom. The summed E-state index contributed by atoms with van der Waals surface area (Å²) in [6.45, 7) is 2.00. The summed E-state index contributed by atoms with van der Waals surface area (Å²) in [5.74, 6) is 0.459. The van der Waals surface area contributed by atoms with E-state index in [0.29, 0.717) is 11.4 Å². The van der Waals surface area contributed by atoms with Crippen molar-refractivity contribution in [3.63, 3.8) is 0 Å². The standard InChI is InChI=1S/C16H21N3O4S/c1-16(20)8-4-7-15(16)19-10-12(17-18-19)11-23-13-5-3-6-14(9-13)24(2,21)22/h3,5-6,9-10,15,20H,4,7-8,11H2,1-2H3. The van der Waals surface area contributed by atoms with Gasteiger partial charge in [-0.3, -0.25) is 0 Å². The maximum atomic E-state index is 11.6. The minimum absolute atomic E-state index is 0.0766. The molecular weight excluding hydrogens is 330 g/mol. The third-order valence-electron chi connectivity index (χ3n) is 4.38. The molecule has 0 bridgehead atoms. The van der Waals surface area contributed by atoms with E-state index in [4.69, 9.17) is 4.74 Å². The first-order valence-corrected chi connectivity index (χ1v) is 9.71. The Hall–Kier alpha value is -1.93. The van der Waals surface area contributed by atoms with E-state index in [1.165, 1.54) is 12.1 Å². The van der Waals surface area contributed by atoms with Crippen LogP contribution in [0.25, 0.3) is 0 Å². The summed E-state index contributed by atoms with van der Waals surface area (Å²) in [5, 5.41) is 18.5. The normalized spacial score (nSPS) is 24.2. The molecule has 8 heteroatoms. The number of hydrogen-bond donors (Lipinski definition) is 1. The van der Waals surface area contributed by atoms with Gasteiger partial charge in [-0.15, -0.1) is 5.10 Å². The van der Waals surface area contributed by atoms with Gasteiger partial charge in [0.05, 0.1) is 22.7 Å². The molecule has 1 aromatic heterocycles. The van der Waals surface area contributed by atoms with Gasteiger partial charge >= 0.3 is 0 Å². The summed E-state index contributed by atoms with van der Waals surface area (Å²) in [4.78, 5) is 0.214. The van der Waals surface area contributed by atoms with Gasteiger partial charge in [0.25, 0.3) is 0 Å². The predicted octanol–water partition coefficient (Wildman–Crippen LogP) is 1.74. The molecule has 1 heterocycles. The fourth-order valence-corrected chi connectivity index (χ4v) is 3.69. The first kappa shape index (κ1) is 16.9. The van der Waals surface area contributed by atoms with Gasteiger partial charge in [-0.25, -0.2) is 13.1 Å². The molecule has 3 rings (SSSR count). The van der Waals surface area contributed by atoms with Crippen molar-refractivity contribution in [1.29, 1.82) is 0 Å². The molecule has 130 valence electrons. The third-order valence-corrected chi connectivity index (χ3v) is 5.49. The van der Waals surface area contributed by atoms with Gasteiger partial charge in [0, 0.05) is 6.26 Å². The molecule has 2 unspecified atom stereocenters. The summed E-state index contributed by atoms with van der Waals surface area (Å²) in [6.07, 6.45) is 5.51. The number of sulfone groups is 1. The lowest BCUT2D eigenvalue weighted by Crippen LogP contribution is -2.31. The zero-order valence-corrected chi connectivity index (χ0v) is 14.5. The molecule has 2 atom stereocenters. The molecule has 0 saturated heterocycles. The van der Waals surface area contributed by atoms with E-state index in [1.54, 1.807) is 23.0 Å². The van der Waals surface area contributed by atoms with Gasteiger partial charge < -0.3 is 9.84 Å². The highest BCUT2D eigenvalue weighted by atomic mass is 32.2. The summed E-state index contributed by atoms with van der Waals surface area (Å²) in [6, 6.07) is 6.27. The van der Waals surface area contributed by atoms with Crippen LogP contribution in [0.1, 0.15) is 37.9 Å². The largest absolute Gasteiger partial charge is 0.487 e. The average Bonchev–Trinajstić information content (AvgIpc) is 3.10. The Morgan fingerprint density at radius 1 is 1.46 bits per heavy atom. The van der Waals surface area contributed by atoms with E-state index in [0.717, 1.165) is 25.5 Å². The molecule has 1 N–H and O–H groups in total. The van der Waals surface area contributed by atoms with Gasteiger partial charge in [-0.2, -0.15) is 0 Å². The minimum Gasteiger partial charge on any atom is -0.487 e. The molecule has 1 aliphatic carbocycles. The molecule has 0 spiro atoms. The van der Waals surface area contributed by atoms with Crippen LogP contribution < -0.4 is 4.74 Å². The van der Waals surface area contributed by atoms with Crippen LogP contribution in [0.2, 0.25) is 0 Å². The molecule has 0 radical (unpaired) electrons. The molecule has 1 aromatic carbocycles. The minimum atomic E-state index is -3.27. The molecule has 1 saturated carbocycles. The van der Waals surface area contributed by atoms with Gasteiger partial charge in [0.15, 0.2) is 9.84 Å². The highest BCUT2D eigenvalue weighted by molar-refractivity contribution is 7.90. The number of benzene rings is 1. The number of aliphatic hydroxyl groups is 1. The second kappa shape index (κ2) is 6.18. The lowest BCUT2D eigenvalue weighted by atomic mass is 10.0. The van der Waals surface area contributed by atoms with Crippen LogP contribution in [0.3, 0.4) is 0 Å². The maximum Gasteiger partial charge on any atom is 0.175 e. The van der Waals surface area contributed by atoms with Crippen LogP contribution in [-0.2, 0) is 16.4 Å². The number of rotatable bonds is 5. The molecule has 1 fully saturated rings. The summed E-state index contributed by atoms with van der Waals surface area (Å²) < 4.78 is 30.4. The SMILES string of the molecule is CC1(O)CCCC1n1cc(COc2cccc(S(C)(=O)=O)c2)nn1. The number of ether oxygens (including phenoxy) is 1. The smallest absolute Gasteiger partial charge is 0.175 e. The van der Waals surface area contributed by atoms with E-state index in [2.05, 4.69) is 10.3 Å². The second-order valence-corrected chi connectivity index (χ2v) is 8.51. The Morgan fingerprint density at radius 2 is 2.25 bits per heavy atom. The fourth-order valence-electron chi connectivity index (χ4n) is 3.03. The van der Waals surface area contributed by atoms with Crippen LogP contribution in [0.4, 0.5) is 0 Å². The van der Waals surface area contributed by atoms with Crippen molar-refractivity contribution in [2.24, 2.45) is 0 Å². The van der Waals surface area contributed by atoms with Crippen LogP contribution in [-0.4, -0.2) is 40.4 Å². The average molecular weight is 351 g/mol. The van der Waals surface area contributed by atoms with Crippen molar-refractivity contribution in [3.8, 4) is 5.75 Å². The number of aromatic nitrogens is 3. The number of nitrogens with zero attached hydrogens (tertiary/aromatic N) is 3. The van der Waals surface area contributed by atoms with E-state index in [9.17, 15) is 13.5 Å². The molecule has 2 aromatic rings. The van der Waals surface area contributed by atoms with Gasteiger partial charge in [0.1, 0.15) is 18.1 Å². The Balaban J connectivity index is 1.68. The second-order valence-electron chi connectivity index (χ2n) is 6.49. The van der Waals surface area contributed by atoms with Crippen molar-refractivity contribution in [2.45, 2.75) is 49.3 Å². The van der Waals surface area contributed by atoms with E-state index >= 15 is 0 Å². The highest BCUT2D eigenvalue weighted by Gasteiger charge is 2.38. The molecule has 1 aliphatic rings. The Kier molecular flexibility index (Phi) is 4.35. The first-order chi connectivity index (χ1) is 11.3. The monoisotopic (exact) mass is 351 g/mol. The summed E-state index contributed by atoms with van der Waals surface area (Å²) in [5.41, 5.74) is -0.141. The first-order valence-electron chi connectivity index (χ1n) is 7.82. The zero-order chi connectivity index (χ0) is 17.4. The topological polar surface area (TPSA) is 94.3 Å². The molecular formula is C16H21N3O4S. The number of hydrogen-bond acceptors (Lipinski definition) is 6. The molecule has 0 aliphatic heterocycles. The van der Waals surface area contributed by atoms with Gasteiger partial charge in [-0.05, 0) is 44.4 Å². The quantitative estimate of drug-likeness (QED) is 0.882. The van der Waals surface area contributed by atoms with E-state index in [-0.39, 0.29) is 17.5 Å².